The van der Waals surface area contributed by atoms with Crippen molar-refractivity contribution in [2.24, 2.45) is 14.0 Å². The highest BCUT2D eigenvalue weighted by Crippen LogP contribution is 2.40. The summed E-state index contributed by atoms with van der Waals surface area (Å²) in [5.74, 6) is 0.147. The lowest BCUT2D eigenvalue weighted by Gasteiger charge is -2.26. The molecule has 424 valence electrons. The molecule has 5 N–H and O–H groups in total. The molecule has 0 atom stereocenters. The Morgan fingerprint density at radius 1 is 0.650 bits per heavy atom. The van der Waals surface area contributed by atoms with E-state index in [-0.39, 0.29) is 35.9 Å². The minimum Gasteiger partial charge on any atom is -0.494 e. The normalized spacial score (nSPS) is 12.9. The molecule has 4 aromatic carbocycles. The first-order valence-corrected chi connectivity index (χ1v) is 26.0. The second-order valence-corrected chi connectivity index (χ2v) is 19.7. The van der Waals surface area contributed by atoms with Gasteiger partial charge in [-0.15, -0.1) is 24.0 Å². The van der Waals surface area contributed by atoms with Gasteiger partial charge in [-0.2, -0.15) is 8.42 Å². The number of carbonyl (C=O) groups is 2. The minimum atomic E-state index is -3.67. The van der Waals surface area contributed by atoms with Crippen molar-refractivity contribution in [1.29, 1.82) is 0 Å². The van der Waals surface area contributed by atoms with Crippen LogP contribution in [0.5, 0.6) is 11.5 Å². The van der Waals surface area contributed by atoms with Gasteiger partial charge >= 0.3 is 0 Å². The topological polar surface area (TPSA) is 229 Å². The Morgan fingerprint density at radius 2 is 1.04 bits per heavy atom. The standard InChI is InChI=1S/2C28H33N7O2.CH4O3S.HI/c2*1-7-27(36)30-22-16-23(26(37-6)17-25(22)34(4)15-14-33(2)3)32-28-29-13-12-21(31-28)20-18-35(5)24-11-9-8-10-19(20)24;1-5(2,3)4;/h2*7-13,16-18H,1,14-15H2,2-6H3,(H,30,36)(H,29,31,32);1H3,(H,2,3,4);1H/i2*1D2,5D3;;. The summed E-state index contributed by atoms with van der Waals surface area (Å²) in [5.41, 5.74) is 6.55. The Hall–Kier alpha value is -8.10. The molecule has 0 unspecified atom stereocenters. The maximum atomic E-state index is 12.5. The number of halogens is 1. The maximum absolute atomic E-state index is 12.5. The molecule has 0 aliphatic rings. The van der Waals surface area contributed by atoms with Crippen molar-refractivity contribution < 1.29 is 45.7 Å². The number of methoxy groups -OCH3 is 2. The number of nitrogens with zero attached hydrogens (tertiary/aromatic N) is 10. The molecule has 0 radical (unpaired) electrons. The SMILES string of the molecule is CS(=O)(=O)O.I.[2H]C([2H])=CC(=O)Nc1cc(Nc2nccc(-c3cn(C([2H])([2H])[2H])c4ccccc34)n2)c(OC)cc1N(C)CCN(C)C.[2H]C([2H])=CC(=O)Nc1cc(Nc2nccc(-c3cn(C([2H])([2H])[2H])c4ccccc34)n2)c(OC)cc1N(C)CCN(C)C. The number of benzene rings is 4. The Kier molecular flexibility index (Phi) is 17.6. The minimum absolute atomic E-state index is 0. The molecule has 80 heavy (non-hydrogen) atoms. The molecule has 2 amide bonds. The first-order chi connectivity index (χ1) is 41.7. The van der Waals surface area contributed by atoms with Crippen LogP contribution in [-0.2, 0) is 33.7 Å². The van der Waals surface area contributed by atoms with Crippen molar-refractivity contribution in [2.45, 2.75) is 0 Å². The van der Waals surface area contributed by atoms with Gasteiger partial charge in [0.05, 0.1) is 71.5 Å². The summed E-state index contributed by atoms with van der Waals surface area (Å²) in [6.45, 7) is -3.14. The van der Waals surface area contributed by atoms with Crippen molar-refractivity contribution in [3.05, 3.63) is 135 Å². The number of amides is 2. The van der Waals surface area contributed by atoms with Gasteiger partial charge in [0.2, 0.25) is 23.7 Å². The van der Waals surface area contributed by atoms with E-state index in [0.29, 0.717) is 98.5 Å². The number of hydrogen-bond acceptors (Lipinski definition) is 16. The third-order valence-corrected chi connectivity index (χ3v) is 11.8. The Morgan fingerprint density at radius 3 is 1.39 bits per heavy atom. The van der Waals surface area contributed by atoms with Crippen LogP contribution in [-0.4, -0.2) is 153 Å². The number of carbonyl (C=O) groups excluding carboxylic acids is 2. The number of hydrogen-bond donors (Lipinski definition) is 5. The number of aryl methyl sites for hydroxylation is 2. The average Bonchev–Trinajstić information content (AvgIpc) is 1.64. The summed E-state index contributed by atoms with van der Waals surface area (Å²) in [5, 5.41) is 13.3. The van der Waals surface area contributed by atoms with Gasteiger partial charge < -0.3 is 59.5 Å². The van der Waals surface area contributed by atoms with Crippen LogP contribution in [0.1, 0.15) is 13.7 Å². The number of nitrogens with one attached hydrogen (secondary N) is 4. The second kappa shape index (κ2) is 28.7. The maximum Gasteiger partial charge on any atom is 0.261 e. The molecule has 4 aromatic heterocycles. The lowest BCUT2D eigenvalue weighted by molar-refractivity contribution is -0.112. The van der Waals surface area contributed by atoms with Crippen LogP contribution < -0.4 is 40.5 Å². The summed E-state index contributed by atoms with van der Waals surface area (Å²) in [7, 11) is 11.0. The number of rotatable bonds is 20. The summed E-state index contributed by atoms with van der Waals surface area (Å²) >= 11 is 0. The lowest BCUT2D eigenvalue weighted by atomic mass is 10.1. The molecular formula is C57H71IN14O7S. The highest BCUT2D eigenvalue weighted by molar-refractivity contribution is 14.0. The van der Waals surface area contributed by atoms with Gasteiger partial charge in [0.15, 0.2) is 0 Å². The predicted octanol–water partition coefficient (Wildman–Crippen LogP) is 9.14. The van der Waals surface area contributed by atoms with Crippen LogP contribution in [0.25, 0.3) is 44.3 Å². The van der Waals surface area contributed by atoms with Gasteiger partial charge in [-0.25, -0.2) is 19.9 Å². The first-order valence-electron chi connectivity index (χ1n) is 29.2. The number of anilines is 8. The van der Waals surface area contributed by atoms with Crippen LogP contribution in [0.4, 0.5) is 46.0 Å². The van der Waals surface area contributed by atoms with E-state index in [1.807, 2.05) is 86.2 Å². The van der Waals surface area contributed by atoms with Crippen molar-refractivity contribution in [3.63, 3.8) is 0 Å². The molecule has 0 bridgehead atoms. The van der Waals surface area contributed by atoms with Crippen molar-refractivity contribution >= 4 is 114 Å². The van der Waals surface area contributed by atoms with Crippen molar-refractivity contribution in [1.82, 2.24) is 38.9 Å². The van der Waals surface area contributed by atoms with E-state index >= 15 is 0 Å². The second-order valence-electron chi connectivity index (χ2n) is 18.2. The number of likely N-dealkylation sites (N-methyl/N-ethyl adjacent to an activating group) is 4. The highest BCUT2D eigenvalue weighted by Gasteiger charge is 2.20. The van der Waals surface area contributed by atoms with E-state index in [2.05, 4.69) is 41.2 Å². The molecular weight excluding hydrogens is 1150 g/mol. The van der Waals surface area contributed by atoms with Crippen molar-refractivity contribution in [3.8, 4) is 34.0 Å². The zero-order valence-electron chi connectivity index (χ0n) is 55.6. The number of fused-ring (bicyclic) bond motifs is 2. The largest absolute Gasteiger partial charge is 0.494 e. The molecule has 23 heteroatoms. The Balaban J connectivity index is 0.000000301. The molecule has 8 rings (SSSR count). The van der Waals surface area contributed by atoms with E-state index < -0.39 is 48.9 Å². The molecule has 21 nitrogen and oxygen atoms in total. The predicted molar refractivity (Wildman–Crippen MR) is 335 cm³/mol. The molecule has 0 saturated carbocycles. The fraction of sp³-hybridized carbons (Fsp3) is 0.263. The summed E-state index contributed by atoms with van der Waals surface area (Å²) in [6.07, 6.45) is 8.74. The van der Waals surface area contributed by atoms with Crippen LogP contribution in [0.15, 0.2) is 135 Å². The zero-order chi connectivity index (χ0) is 65.7. The number of ether oxygens (including phenoxy) is 2. The molecule has 0 spiro atoms. The van der Waals surface area contributed by atoms with Crippen LogP contribution >= 0.6 is 24.0 Å². The Labute approximate surface area is 499 Å². The van der Waals surface area contributed by atoms with Gasteiger partial charge in [-0.1, -0.05) is 49.5 Å². The van der Waals surface area contributed by atoms with Gasteiger partial charge in [0.1, 0.15) is 11.5 Å². The number of aromatic nitrogens is 6. The van der Waals surface area contributed by atoms with Crippen molar-refractivity contribution in [2.75, 3.05) is 120 Å². The van der Waals surface area contributed by atoms with E-state index in [1.165, 1.54) is 23.4 Å². The first kappa shape index (κ1) is 49.0. The Bertz CT molecular complexity index is 3740. The molecule has 0 fully saturated rings. The summed E-state index contributed by atoms with van der Waals surface area (Å²) < 4.78 is 117. The van der Waals surface area contributed by atoms with E-state index in [1.54, 1.807) is 85.5 Å². The van der Waals surface area contributed by atoms with E-state index in [9.17, 15) is 18.0 Å². The third-order valence-electron chi connectivity index (χ3n) is 11.8. The highest BCUT2D eigenvalue weighted by atomic mass is 127. The molecule has 4 heterocycles. The fourth-order valence-electron chi connectivity index (χ4n) is 7.93. The monoisotopic (exact) mass is 1230 g/mol. The average molecular weight is 1230 g/mol. The summed E-state index contributed by atoms with van der Waals surface area (Å²) in [4.78, 5) is 51.0. The van der Waals surface area contributed by atoms with E-state index in [4.69, 9.17) is 27.7 Å². The smallest absolute Gasteiger partial charge is 0.261 e. The summed E-state index contributed by atoms with van der Waals surface area (Å²) in [6, 6.07) is 24.8. The van der Waals surface area contributed by atoms with Gasteiger partial charge in [0, 0.05) is 132 Å². The van der Waals surface area contributed by atoms with Gasteiger partial charge in [0.25, 0.3) is 10.1 Å². The molecule has 8 aromatic rings. The van der Waals surface area contributed by atoms with Crippen LogP contribution in [0, 0.1) is 0 Å². The quantitative estimate of drug-likeness (QED) is 0.0272. The van der Waals surface area contributed by atoms with Crippen LogP contribution in [0.3, 0.4) is 0 Å². The molecule has 0 aliphatic carbocycles. The van der Waals surface area contributed by atoms with Crippen LogP contribution in [0.2, 0.25) is 0 Å². The fourth-order valence-corrected chi connectivity index (χ4v) is 7.93. The third kappa shape index (κ3) is 17.0. The number of para-hydroxylation sites is 2. The van der Waals surface area contributed by atoms with Gasteiger partial charge in [-0.05, 0) is 76.7 Å². The molecule has 0 saturated heterocycles. The van der Waals surface area contributed by atoms with E-state index in [0.717, 1.165) is 36.0 Å². The van der Waals surface area contributed by atoms with Gasteiger partial charge in [-0.3, -0.25) is 14.1 Å². The zero-order valence-corrected chi connectivity index (χ0v) is 48.7. The lowest BCUT2D eigenvalue weighted by Crippen LogP contribution is -2.29. The molecule has 0 aliphatic heterocycles.